The lowest BCUT2D eigenvalue weighted by molar-refractivity contribution is -0.127. The van der Waals surface area contributed by atoms with Gasteiger partial charge in [0, 0.05) is 44.6 Å². The molecule has 164 valence electrons. The van der Waals surface area contributed by atoms with Crippen LogP contribution in [0.15, 0.2) is 4.99 Å². The van der Waals surface area contributed by atoms with E-state index in [1.54, 1.807) is 19.0 Å². The third kappa shape index (κ3) is 6.21. The highest BCUT2D eigenvalue weighted by atomic mass is 127. The van der Waals surface area contributed by atoms with Crippen molar-refractivity contribution in [3.8, 4) is 0 Å². The monoisotopic (exact) mass is 508 g/mol. The van der Waals surface area contributed by atoms with Gasteiger partial charge in [0.15, 0.2) is 5.96 Å². The lowest BCUT2D eigenvalue weighted by Crippen LogP contribution is -2.68. The zero-order valence-electron chi connectivity index (χ0n) is 18.6. The van der Waals surface area contributed by atoms with Crippen LogP contribution in [0.3, 0.4) is 0 Å². The number of aliphatic imine (C=N–C) groups is 1. The van der Waals surface area contributed by atoms with Gasteiger partial charge in [0.1, 0.15) is 6.54 Å². The first-order valence-electron chi connectivity index (χ1n) is 10.7. The second kappa shape index (κ2) is 11.6. The van der Waals surface area contributed by atoms with Crippen molar-refractivity contribution in [3.63, 3.8) is 0 Å². The molecule has 1 saturated carbocycles. The highest BCUT2D eigenvalue weighted by Gasteiger charge is 2.59. The number of fused-ring (bicyclic) bond motifs is 1. The van der Waals surface area contributed by atoms with E-state index in [0.29, 0.717) is 24.0 Å². The molecule has 4 unspecified atom stereocenters. The SMILES string of the molecule is CCCCC(CC)CNC(=NCC(=O)N(C)C)NC1C2CCOC2C1(C)C.I. The van der Waals surface area contributed by atoms with Gasteiger partial charge in [0.25, 0.3) is 0 Å². The van der Waals surface area contributed by atoms with E-state index in [1.807, 2.05) is 0 Å². The van der Waals surface area contributed by atoms with Crippen LogP contribution in [0.25, 0.3) is 0 Å². The molecule has 0 radical (unpaired) electrons. The third-order valence-corrected chi connectivity index (χ3v) is 6.37. The number of guanidine groups is 1. The Morgan fingerprint density at radius 2 is 2.04 bits per heavy atom. The summed E-state index contributed by atoms with van der Waals surface area (Å²) in [6.45, 7) is 10.9. The maximum absolute atomic E-state index is 12.0. The van der Waals surface area contributed by atoms with Crippen LogP contribution in [-0.2, 0) is 9.53 Å². The largest absolute Gasteiger partial charge is 0.377 e. The number of hydrogen-bond acceptors (Lipinski definition) is 3. The van der Waals surface area contributed by atoms with Crippen LogP contribution in [0.2, 0.25) is 0 Å². The van der Waals surface area contributed by atoms with Gasteiger partial charge in [-0.2, -0.15) is 0 Å². The van der Waals surface area contributed by atoms with Crippen molar-refractivity contribution in [2.24, 2.45) is 22.2 Å². The van der Waals surface area contributed by atoms with E-state index in [0.717, 1.165) is 32.0 Å². The number of likely N-dealkylation sites (N-methyl/N-ethyl adjacent to an activating group) is 1. The van der Waals surface area contributed by atoms with Gasteiger partial charge in [-0.3, -0.25) is 4.79 Å². The van der Waals surface area contributed by atoms with Gasteiger partial charge in [-0.15, -0.1) is 24.0 Å². The predicted octanol–water partition coefficient (Wildman–Crippen LogP) is 3.26. The van der Waals surface area contributed by atoms with Crippen LogP contribution < -0.4 is 10.6 Å². The highest BCUT2D eigenvalue weighted by Crippen LogP contribution is 2.52. The molecular weight excluding hydrogens is 467 g/mol. The van der Waals surface area contributed by atoms with E-state index in [1.165, 1.54) is 19.3 Å². The van der Waals surface area contributed by atoms with Crippen molar-refractivity contribution < 1.29 is 9.53 Å². The van der Waals surface area contributed by atoms with E-state index >= 15 is 0 Å². The summed E-state index contributed by atoms with van der Waals surface area (Å²) in [5.74, 6) is 1.96. The number of carbonyl (C=O) groups excluding carboxylic acids is 1. The molecule has 2 fully saturated rings. The summed E-state index contributed by atoms with van der Waals surface area (Å²) in [7, 11) is 3.54. The fourth-order valence-electron chi connectivity index (χ4n) is 4.39. The zero-order valence-corrected chi connectivity index (χ0v) is 20.9. The molecule has 28 heavy (non-hydrogen) atoms. The van der Waals surface area contributed by atoms with E-state index in [4.69, 9.17) is 4.74 Å². The minimum Gasteiger partial charge on any atom is -0.377 e. The Labute approximate surface area is 188 Å². The summed E-state index contributed by atoms with van der Waals surface area (Å²) in [4.78, 5) is 18.2. The van der Waals surface area contributed by atoms with Gasteiger partial charge in [-0.05, 0) is 18.8 Å². The van der Waals surface area contributed by atoms with Crippen LogP contribution in [0.4, 0.5) is 0 Å². The summed E-state index contributed by atoms with van der Waals surface area (Å²) >= 11 is 0. The third-order valence-electron chi connectivity index (χ3n) is 6.37. The average Bonchev–Trinajstić information content (AvgIpc) is 3.09. The lowest BCUT2D eigenvalue weighted by atomic mass is 9.57. The fraction of sp³-hybridized carbons (Fsp3) is 0.905. The van der Waals surface area contributed by atoms with Gasteiger partial charge < -0.3 is 20.3 Å². The number of hydrogen-bond donors (Lipinski definition) is 2. The second-order valence-corrected chi connectivity index (χ2v) is 8.94. The molecule has 7 heteroatoms. The first-order valence-corrected chi connectivity index (χ1v) is 10.7. The normalized spacial score (nSPS) is 26.5. The molecule has 0 aromatic carbocycles. The second-order valence-electron chi connectivity index (χ2n) is 8.94. The molecule has 4 atom stereocenters. The van der Waals surface area contributed by atoms with Gasteiger partial charge in [-0.25, -0.2) is 4.99 Å². The molecule has 1 aliphatic carbocycles. The summed E-state index contributed by atoms with van der Waals surface area (Å²) < 4.78 is 5.91. The van der Waals surface area contributed by atoms with Crippen LogP contribution in [0, 0.1) is 17.3 Å². The first-order chi connectivity index (χ1) is 12.8. The maximum atomic E-state index is 12.0. The molecule has 1 amide bonds. The number of amides is 1. The number of ether oxygens (including phenoxy) is 1. The topological polar surface area (TPSA) is 66.0 Å². The van der Waals surface area contributed by atoms with Crippen LogP contribution >= 0.6 is 24.0 Å². The number of nitrogens with zero attached hydrogens (tertiary/aromatic N) is 2. The fourth-order valence-corrected chi connectivity index (χ4v) is 4.39. The van der Waals surface area contributed by atoms with Crippen LogP contribution in [0.5, 0.6) is 0 Å². The molecule has 1 heterocycles. The van der Waals surface area contributed by atoms with Crippen molar-refractivity contribution in [1.82, 2.24) is 15.5 Å². The number of carbonyl (C=O) groups is 1. The Balaban J connectivity index is 0.00000392. The molecule has 1 aliphatic heterocycles. The van der Waals surface area contributed by atoms with Crippen molar-refractivity contribution in [3.05, 3.63) is 0 Å². The van der Waals surface area contributed by atoms with E-state index in [9.17, 15) is 4.79 Å². The van der Waals surface area contributed by atoms with E-state index < -0.39 is 0 Å². The quantitative estimate of drug-likeness (QED) is 0.285. The van der Waals surface area contributed by atoms with Crippen molar-refractivity contribution in [2.75, 3.05) is 33.8 Å². The molecule has 2 N–H and O–H groups in total. The molecule has 6 nitrogen and oxygen atoms in total. The maximum Gasteiger partial charge on any atom is 0.243 e. The van der Waals surface area contributed by atoms with Crippen molar-refractivity contribution in [1.29, 1.82) is 0 Å². The molecule has 2 rings (SSSR count). The molecule has 2 aliphatic rings. The number of halogens is 1. The predicted molar refractivity (Wildman–Crippen MR) is 126 cm³/mol. The van der Waals surface area contributed by atoms with Crippen molar-refractivity contribution in [2.45, 2.75) is 71.9 Å². The summed E-state index contributed by atoms with van der Waals surface area (Å²) in [5, 5.41) is 7.15. The summed E-state index contributed by atoms with van der Waals surface area (Å²) in [5.41, 5.74) is 0.0849. The Kier molecular flexibility index (Phi) is 10.5. The standard InChI is InChI=1S/C21H40N4O2.HI/c1-7-9-10-15(8-2)13-22-20(23-14-17(26)25(5)6)24-18-16-11-12-27-19(16)21(18,3)4;/h15-16,18-19H,7-14H2,1-6H3,(H2,22,23,24);1H. The van der Waals surface area contributed by atoms with Gasteiger partial charge in [-0.1, -0.05) is 47.0 Å². The van der Waals surface area contributed by atoms with Crippen molar-refractivity contribution >= 4 is 35.8 Å². The Hall–Kier alpha value is -0.570. The molecule has 1 saturated heterocycles. The molecule has 0 aromatic rings. The zero-order chi connectivity index (χ0) is 20.0. The Morgan fingerprint density at radius 1 is 1.32 bits per heavy atom. The summed E-state index contributed by atoms with van der Waals surface area (Å²) in [6, 6.07) is 0.335. The number of unbranched alkanes of at least 4 members (excludes halogenated alkanes) is 1. The van der Waals surface area contributed by atoms with Gasteiger partial charge in [0.05, 0.1) is 6.10 Å². The molecule has 0 bridgehead atoms. The minimum atomic E-state index is 0. The Morgan fingerprint density at radius 3 is 2.64 bits per heavy atom. The first kappa shape index (κ1) is 25.5. The van der Waals surface area contributed by atoms with Crippen LogP contribution in [-0.4, -0.2) is 62.7 Å². The molecule has 0 spiro atoms. The average molecular weight is 508 g/mol. The van der Waals surface area contributed by atoms with E-state index in [-0.39, 0.29) is 41.8 Å². The molecular formula is C21H41IN4O2. The highest BCUT2D eigenvalue weighted by molar-refractivity contribution is 14.0. The number of nitrogens with one attached hydrogen (secondary N) is 2. The minimum absolute atomic E-state index is 0. The van der Waals surface area contributed by atoms with E-state index in [2.05, 4.69) is 43.3 Å². The summed E-state index contributed by atoms with van der Waals surface area (Å²) in [6.07, 6.45) is 6.32. The van der Waals surface area contributed by atoms with Gasteiger partial charge >= 0.3 is 0 Å². The lowest BCUT2D eigenvalue weighted by Gasteiger charge is -2.55. The Bertz CT molecular complexity index is 525. The van der Waals surface area contributed by atoms with Crippen LogP contribution in [0.1, 0.15) is 59.8 Å². The number of rotatable bonds is 9. The smallest absolute Gasteiger partial charge is 0.243 e. The molecule has 0 aromatic heterocycles. The van der Waals surface area contributed by atoms with Gasteiger partial charge in [0.2, 0.25) is 5.91 Å².